The van der Waals surface area contributed by atoms with Crippen LogP contribution in [0.1, 0.15) is 5.56 Å². The highest BCUT2D eigenvalue weighted by Gasteiger charge is 2.12. The lowest BCUT2D eigenvalue weighted by Crippen LogP contribution is -1.93. The monoisotopic (exact) mass is 385 g/mol. The molecule has 0 amide bonds. The number of hydrazone groups is 1. The number of phenols is 2. The Balaban J connectivity index is 2.20. The Kier molecular flexibility index (Phi) is 4.39. The number of anilines is 1. The number of hydrogen-bond acceptors (Lipinski definition) is 5. The largest absolute Gasteiger partial charge is 0.506 e. The standard InChI is InChI=1S/C12H9Br2N3O2/c13-8-5-7(11(18)10(14)12(8)19)6-16-17-9-3-1-2-4-15-9/h1-6,18-19H,(H,15,17)/b16-6+. The maximum atomic E-state index is 9.84. The molecule has 2 aromatic rings. The number of hydrogen-bond donors (Lipinski definition) is 3. The first-order valence-electron chi connectivity index (χ1n) is 5.19. The van der Waals surface area contributed by atoms with Crippen LogP contribution in [0.2, 0.25) is 0 Å². The number of nitrogens with zero attached hydrogens (tertiary/aromatic N) is 2. The maximum absolute atomic E-state index is 9.84. The van der Waals surface area contributed by atoms with Gasteiger partial charge in [-0.1, -0.05) is 6.07 Å². The summed E-state index contributed by atoms with van der Waals surface area (Å²) >= 11 is 6.28. The van der Waals surface area contributed by atoms with Crippen LogP contribution in [0, 0.1) is 0 Å². The predicted molar refractivity (Wildman–Crippen MR) is 80.6 cm³/mol. The van der Waals surface area contributed by atoms with Gasteiger partial charge in [0, 0.05) is 11.8 Å². The molecule has 1 aromatic carbocycles. The molecule has 7 heteroatoms. The van der Waals surface area contributed by atoms with Crippen molar-refractivity contribution in [3.8, 4) is 11.5 Å². The lowest BCUT2D eigenvalue weighted by atomic mass is 10.2. The molecule has 0 fully saturated rings. The molecule has 2 rings (SSSR count). The first kappa shape index (κ1) is 13.8. The van der Waals surface area contributed by atoms with Crippen LogP contribution in [-0.4, -0.2) is 21.4 Å². The van der Waals surface area contributed by atoms with Gasteiger partial charge < -0.3 is 10.2 Å². The van der Waals surface area contributed by atoms with Crippen molar-refractivity contribution in [3.63, 3.8) is 0 Å². The second kappa shape index (κ2) is 6.03. The van der Waals surface area contributed by atoms with Crippen LogP contribution in [0.4, 0.5) is 5.82 Å². The summed E-state index contributed by atoms with van der Waals surface area (Å²) < 4.78 is 0.664. The van der Waals surface area contributed by atoms with Crippen LogP contribution in [0.15, 0.2) is 44.5 Å². The lowest BCUT2D eigenvalue weighted by molar-refractivity contribution is 0.442. The van der Waals surface area contributed by atoms with Gasteiger partial charge in [-0.25, -0.2) is 4.98 Å². The van der Waals surface area contributed by atoms with E-state index in [1.54, 1.807) is 24.4 Å². The zero-order chi connectivity index (χ0) is 13.8. The van der Waals surface area contributed by atoms with E-state index in [-0.39, 0.29) is 16.0 Å². The summed E-state index contributed by atoms with van der Waals surface area (Å²) in [5.41, 5.74) is 3.17. The highest BCUT2D eigenvalue weighted by molar-refractivity contribution is 9.11. The molecule has 5 nitrogen and oxygen atoms in total. The Labute approximate surface area is 126 Å². The second-order valence-electron chi connectivity index (χ2n) is 3.54. The minimum absolute atomic E-state index is 0.0627. The van der Waals surface area contributed by atoms with Crippen molar-refractivity contribution in [1.82, 2.24) is 4.98 Å². The highest BCUT2D eigenvalue weighted by atomic mass is 79.9. The van der Waals surface area contributed by atoms with Crippen LogP contribution in [0.5, 0.6) is 11.5 Å². The molecule has 98 valence electrons. The summed E-state index contributed by atoms with van der Waals surface area (Å²) in [5.74, 6) is 0.440. The number of phenolic OH excluding ortho intramolecular Hbond substituents is 2. The summed E-state index contributed by atoms with van der Waals surface area (Å²) in [6.07, 6.45) is 3.07. The van der Waals surface area contributed by atoms with E-state index in [9.17, 15) is 10.2 Å². The SMILES string of the molecule is Oc1c(Br)cc(/C=N/Nc2ccccn2)c(O)c1Br. The summed E-state index contributed by atoms with van der Waals surface area (Å²) in [4.78, 5) is 4.04. The van der Waals surface area contributed by atoms with E-state index in [1.165, 1.54) is 6.21 Å². The normalized spacial score (nSPS) is 10.8. The van der Waals surface area contributed by atoms with E-state index in [1.807, 2.05) is 6.07 Å². The zero-order valence-electron chi connectivity index (χ0n) is 9.51. The third kappa shape index (κ3) is 3.24. The average Bonchev–Trinajstić information content (AvgIpc) is 2.43. The molecular formula is C12H9Br2N3O2. The number of nitrogens with one attached hydrogen (secondary N) is 1. The number of benzene rings is 1. The maximum Gasteiger partial charge on any atom is 0.147 e. The Morgan fingerprint density at radius 2 is 2.00 bits per heavy atom. The van der Waals surface area contributed by atoms with Crippen LogP contribution < -0.4 is 5.43 Å². The van der Waals surface area contributed by atoms with Gasteiger partial charge in [0.15, 0.2) is 0 Å². The summed E-state index contributed by atoms with van der Waals surface area (Å²) in [5, 5.41) is 23.4. The summed E-state index contributed by atoms with van der Waals surface area (Å²) in [6.45, 7) is 0. The molecule has 0 spiro atoms. The summed E-state index contributed by atoms with van der Waals surface area (Å²) in [6, 6.07) is 6.95. The summed E-state index contributed by atoms with van der Waals surface area (Å²) in [7, 11) is 0. The van der Waals surface area contributed by atoms with Crippen molar-refractivity contribution in [1.29, 1.82) is 0 Å². The van der Waals surface area contributed by atoms with E-state index >= 15 is 0 Å². The number of pyridine rings is 1. The number of aromatic nitrogens is 1. The van der Waals surface area contributed by atoms with E-state index in [0.29, 0.717) is 15.9 Å². The molecule has 0 unspecified atom stereocenters. The molecule has 0 radical (unpaired) electrons. The second-order valence-corrected chi connectivity index (χ2v) is 5.19. The average molecular weight is 387 g/mol. The van der Waals surface area contributed by atoms with Gasteiger partial charge in [-0.2, -0.15) is 5.10 Å². The lowest BCUT2D eigenvalue weighted by Gasteiger charge is -2.06. The van der Waals surface area contributed by atoms with Crippen LogP contribution >= 0.6 is 31.9 Å². The Morgan fingerprint density at radius 1 is 1.21 bits per heavy atom. The minimum Gasteiger partial charge on any atom is -0.506 e. The quantitative estimate of drug-likeness (QED) is 0.557. The Hall–Kier alpha value is -1.60. The highest BCUT2D eigenvalue weighted by Crippen LogP contribution is 2.40. The van der Waals surface area contributed by atoms with E-state index in [0.717, 1.165) is 0 Å². The van der Waals surface area contributed by atoms with Gasteiger partial charge in [0.25, 0.3) is 0 Å². The smallest absolute Gasteiger partial charge is 0.147 e. The molecule has 3 N–H and O–H groups in total. The van der Waals surface area contributed by atoms with Gasteiger partial charge in [-0.05, 0) is 50.1 Å². The van der Waals surface area contributed by atoms with E-state index in [4.69, 9.17) is 0 Å². The molecule has 0 aliphatic rings. The Bertz CT molecular complexity index is 618. The topological polar surface area (TPSA) is 77.7 Å². The number of halogens is 2. The number of rotatable bonds is 3. The molecule has 0 saturated carbocycles. The molecule has 1 aromatic heterocycles. The van der Waals surface area contributed by atoms with Crippen LogP contribution in [0.25, 0.3) is 0 Å². The molecule has 0 aliphatic carbocycles. The van der Waals surface area contributed by atoms with E-state index < -0.39 is 0 Å². The van der Waals surface area contributed by atoms with Gasteiger partial charge in [-0.15, -0.1) is 0 Å². The van der Waals surface area contributed by atoms with Crippen LogP contribution in [-0.2, 0) is 0 Å². The molecule has 0 atom stereocenters. The fourth-order valence-corrected chi connectivity index (χ4v) is 2.47. The predicted octanol–water partition coefficient (Wildman–Crippen LogP) is 3.46. The molecule has 0 aliphatic heterocycles. The van der Waals surface area contributed by atoms with Crippen molar-refractivity contribution in [2.75, 3.05) is 5.43 Å². The van der Waals surface area contributed by atoms with Gasteiger partial charge in [-0.3, -0.25) is 5.43 Å². The molecular weight excluding hydrogens is 378 g/mol. The van der Waals surface area contributed by atoms with Gasteiger partial charge >= 0.3 is 0 Å². The van der Waals surface area contributed by atoms with Crippen molar-refractivity contribution in [2.24, 2.45) is 5.10 Å². The molecule has 0 bridgehead atoms. The van der Waals surface area contributed by atoms with Gasteiger partial charge in [0.05, 0.1) is 10.7 Å². The fraction of sp³-hybridized carbons (Fsp3) is 0. The third-order valence-electron chi connectivity index (χ3n) is 2.25. The Morgan fingerprint density at radius 3 is 2.68 bits per heavy atom. The first-order chi connectivity index (χ1) is 9.09. The van der Waals surface area contributed by atoms with Crippen LogP contribution in [0.3, 0.4) is 0 Å². The van der Waals surface area contributed by atoms with Crippen molar-refractivity contribution >= 4 is 43.9 Å². The van der Waals surface area contributed by atoms with Crippen molar-refractivity contribution in [2.45, 2.75) is 0 Å². The molecule has 19 heavy (non-hydrogen) atoms. The molecule has 1 heterocycles. The minimum atomic E-state index is -0.0905. The van der Waals surface area contributed by atoms with Crippen molar-refractivity contribution in [3.05, 3.63) is 45.0 Å². The first-order valence-corrected chi connectivity index (χ1v) is 6.78. The van der Waals surface area contributed by atoms with E-state index in [2.05, 4.69) is 47.4 Å². The van der Waals surface area contributed by atoms with Gasteiger partial charge in [0.1, 0.15) is 21.8 Å². The fourth-order valence-electron chi connectivity index (χ4n) is 1.31. The van der Waals surface area contributed by atoms with Crippen molar-refractivity contribution < 1.29 is 10.2 Å². The van der Waals surface area contributed by atoms with Gasteiger partial charge in [0.2, 0.25) is 0 Å². The number of aromatic hydroxyl groups is 2. The molecule has 0 saturated heterocycles. The zero-order valence-corrected chi connectivity index (χ0v) is 12.7. The third-order valence-corrected chi connectivity index (χ3v) is 3.60.